The van der Waals surface area contributed by atoms with E-state index < -0.39 is 0 Å². The van der Waals surface area contributed by atoms with Gasteiger partial charge in [0.1, 0.15) is 0 Å². The Morgan fingerprint density at radius 3 is 2.76 bits per heavy atom. The second-order valence-corrected chi connectivity index (χ2v) is 7.91. The van der Waals surface area contributed by atoms with Gasteiger partial charge in [0.15, 0.2) is 5.16 Å². The van der Waals surface area contributed by atoms with Crippen LogP contribution in [-0.2, 0) is 11.3 Å². The molecule has 1 aromatic heterocycles. The van der Waals surface area contributed by atoms with E-state index in [0.29, 0.717) is 22.6 Å². The number of carbonyl (C=O) groups is 1. The van der Waals surface area contributed by atoms with E-state index in [1.807, 2.05) is 45.9 Å². The molecular weight excluding hydrogens is 334 g/mol. The molecule has 1 unspecified atom stereocenters. The Bertz CT molecular complexity index is 842. The van der Waals surface area contributed by atoms with Crippen LogP contribution >= 0.6 is 11.8 Å². The molecule has 0 bridgehead atoms. The minimum Gasteiger partial charge on any atom is -0.350 e. The topological polar surface area (TPSA) is 64.0 Å². The molecule has 0 fully saturated rings. The van der Waals surface area contributed by atoms with Gasteiger partial charge >= 0.3 is 0 Å². The van der Waals surface area contributed by atoms with Gasteiger partial charge in [-0.25, -0.2) is 4.98 Å². The number of hydrogen-bond donors (Lipinski definition) is 1. The van der Waals surface area contributed by atoms with Gasteiger partial charge in [-0.05, 0) is 39.3 Å². The third-order valence-corrected chi connectivity index (χ3v) is 5.23. The summed E-state index contributed by atoms with van der Waals surface area (Å²) in [5, 5.41) is 3.76. The van der Waals surface area contributed by atoms with Crippen LogP contribution in [-0.4, -0.2) is 26.2 Å². The fourth-order valence-electron chi connectivity index (χ4n) is 2.26. The Kier molecular flexibility index (Phi) is 6.06. The summed E-state index contributed by atoms with van der Waals surface area (Å²) >= 11 is 1.29. The zero-order valence-electron chi connectivity index (χ0n) is 15.2. The van der Waals surface area contributed by atoms with Crippen LogP contribution in [0.4, 0.5) is 0 Å². The average Bonchev–Trinajstić information content (AvgIpc) is 2.58. The van der Waals surface area contributed by atoms with Gasteiger partial charge in [0.25, 0.3) is 5.56 Å². The first-order valence-corrected chi connectivity index (χ1v) is 9.26. The number of nitrogens with zero attached hydrogens (tertiary/aromatic N) is 2. The molecule has 2 aromatic rings. The number of thioether (sulfide) groups is 1. The van der Waals surface area contributed by atoms with Crippen LogP contribution in [0.3, 0.4) is 0 Å². The first kappa shape index (κ1) is 19.2. The number of para-hydroxylation sites is 1. The lowest BCUT2D eigenvalue weighted by Gasteiger charge is -2.26. The summed E-state index contributed by atoms with van der Waals surface area (Å²) < 4.78 is 1.56. The summed E-state index contributed by atoms with van der Waals surface area (Å²) in [7, 11) is 0. The van der Waals surface area contributed by atoms with E-state index in [0.717, 1.165) is 6.42 Å². The van der Waals surface area contributed by atoms with E-state index in [4.69, 9.17) is 0 Å². The SMILES string of the molecule is C=CCn1c(SC(C)C(=O)NC(C)(C)CC)nc2ccccc2c1=O. The third kappa shape index (κ3) is 4.51. The first-order chi connectivity index (χ1) is 11.8. The smallest absolute Gasteiger partial charge is 0.262 e. The van der Waals surface area contributed by atoms with Crippen LogP contribution < -0.4 is 10.9 Å². The van der Waals surface area contributed by atoms with E-state index in [1.54, 1.807) is 16.7 Å². The number of carbonyl (C=O) groups excluding carboxylic acids is 1. The largest absolute Gasteiger partial charge is 0.350 e. The van der Waals surface area contributed by atoms with Gasteiger partial charge in [0, 0.05) is 12.1 Å². The summed E-state index contributed by atoms with van der Waals surface area (Å²) in [6, 6.07) is 7.24. The van der Waals surface area contributed by atoms with Gasteiger partial charge < -0.3 is 5.32 Å². The van der Waals surface area contributed by atoms with Gasteiger partial charge in [0.2, 0.25) is 5.91 Å². The molecule has 0 saturated carbocycles. The molecule has 0 aliphatic heterocycles. The second kappa shape index (κ2) is 7.87. The molecular formula is C19H25N3O2S. The number of nitrogens with one attached hydrogen (secondary N) is 1. The van der Waals surface area contributed by atoms with Crippen molar-refractivity contribution < 1.29 is 4.79 Å². The van der Waals surface area contributed by atoms with Crippen LogP contribution in [0.15, 0.2) is 46.9 Å². The van der Waals surface area contributed by atoms with E-state index in [1.165, 1.54) is 11.8 Å². The summed E-state index contributed by atoms with van der Waals surface area (Å²) in [4.78, 5) is 29.8. The van der Waals surface area contributed by atoms with E-state index in [9.17, 15) is 9.59 Å². The molecule has 2 rings (SSSR count). The molecule has 0 radical (unpaired) electrons. The Labute approximate surface area is 152 Å². The van der Waals surface area contributed by atoms with Crippen molar-refractivity contribution in [1.29, 1.82) is 0 Å². The van der Waals surface area contributed by atoms with E-state index in [2.05, 4.69) is 16.9 Å². The van der Waals surface area contributed by atoms with Crippen molar-refractivity contribution in [1.82, 2.24) is 14.9 Å². The maximum Gasteiger partial charge on any atom is 0.262 e. The normalized spacial score (nSPS) is 12.8. The van der Waals surface area contributed by atoms with Crippen molar-refractivity contribution in [2.45, 2.75) is 56.6 Å². The first-order valence-electron chi connectivity index (χ1n) is 8.38. The minimum atomic E-state index is -0.366. The predicted molar refractivity (Wildman–Crippen MR) is 104 cm³/mol. The van der Waals surface area contributed by atoms with Crippen molar-refractivity contribution in [2.24, 2.45) is 0 Å². The Morgan fingerprint density at radius 2 is 2.12 bits per heavy atom. The molecule has 1 aromatic carbocycles. The average molecular weight is 359 g/mol. The highest BCUT2D eigenvalue weighted by atomic mass is 32.2. The lowest BCUT2D eigenvalue weighted by Crippen LogP contribution is -2.46. The quantitative estimate of drug-likeness (QED) is 0.468. The molecule has 0 spiro atoms. The number of rotatable bonds is 7. The second-order valence-electron chi connectivity index (χ2n) is 6.60. The summed E-state index contributed by atoms with van der Waals surface area (Å²) in [5.41, 5.74) is 0.259. The zero-order valence-corrected chi connectivity index (χ0v) is 16.0. The minimum absolute atomic E-state index is 0.0654. The predicted octanol–water partition coefficient (Wildman–Crippen LogP) is 3.37. The molecule has 1 atom stereocenters. The Hall–Kier alpha value is -2.08. The van der Waals surface area contributed by atoms with E-state index >= 15 is 0 Å². The number of allylic oxidation sites excluding steroid dienone is 1. The van der Waals surface area contributed by atoms with Crippen molar-refractivity contribution in [2.75, 3.05) is 0 Å². The van der Waals surface area contributed by atoms with Crippen molar-refractivity contribution >= 4 is 28.6 Å². The monoisotopic (exact) mass is 359 g/mol. The standard InChI is InChI=1S/C19H25N3O2S/c1-6-12-22-17(24)14-10-8-9-11-15(14)20-18(22)25-13(3)16(23)21-19(4,5)7-2/h6,8-11,13H,1,7,12H2,2-5H3,(H,21,23). The molecule has 0 saturated heterocycles. The number of fused-ring (bicyclic) bond motifs is 1. The van der Waals surface area contributed by atoms with Gasteiger partial charge in [0.05, 0.1) is 16.2 Å². The molecule has 5 nitrogen and oxygen atoms in total. The molecule has 134 valence electrons. The van der Waals surface area contributed by atoms with Crippen molar-refractivity contribution in [3.63, 3.8) is 0 Å². The maximum atomic E-state index is 12.7. The maximum absolute atomic E-state index is 12.7. The molecule has 1 amide bonds. The van der Waals surface area contributed by atoms with Gasteiger partial charge in [-0.2, -0.15) is 0 Å². The zero-order chi connectivity index (χ0) is 18.6. The fourth-order valence-corrected chi connectivity index (χ4v) is 3.18. The highest BCUT2D eigenvalue weighted by molar-refractivity contribution is 8.00. The van der Waals surface area contributed by atoms with Crippen LogP contribution in [0.5, 0.6) is 0 Å². The Balaban J connectivity index is 2.36. The summed E-state index contributed by atoms with van der Waals surface area (Å²) in [6.45, 7) is 11.9. The van der Waals surface area contributed by atoms with Crippen molar-refractivity contribution in [3.8, 4) is 0 Å². The number of hydrogen-bond acceptors (Lipinski definition) is 4. The third-order valence-electron chi connectivity index (χ3n) is 4.14. The molecule has 1 heterocycles. The van der Waals surface area contributed by atoms with Gasteiger partial charge in [-0.15, -0.1) is 6.58 Å². The van der Waals surface area contributed by atoms with E-state index in [-0.39, 0.29) is 22.3 Å². The molecule has 0 aliphatic carbocycles. The molecule has 0 aliphatic rings. The molecule has 25 heavy (non-hydrogen) atoms. The number of aromatic nitrogens is 2. The van der Waals surface area contributed by atoms with Crippen LogP contribution in [0.1, 0.15) is 34.1 Å². The summed E-state index contributed by atoms with van der Waals surface area (Å²) in [5.74, 6) is -0.0654. The van der Waals surface area contributed by atoms with Gasteiger partial charge in [-0.3, -0.25) is 14.2 Å². The lowest BCUT2D eigenvalue weighted by atomic mass is 10.0. The molecule has 1 N–H and O–H groups in total. The van der Waals surface area contributed by atoms with Crippen molar-refractivity contribution in [3.05, 3.63) is 47.3 Å². The number of amides is 1. The highest BCUT2D eigenvalue weighted by Gasteiger charge is 2.24. The van der Waals surface area contributed by atoms with Crippen LogP contribution in [0.25, 0.3) is 10.9 Å². The van der Waals surface area contributed by atoms with Crippen LogP contribution in [0.2, 0.25) is 0 Å². The Morgan fingerprint density at radius 1 is 1.44 bits per heavy atom. The highest BCUT2D eigenvalue weighted by Crippen LogP contribution is 2.23. The lowest BCUT2D eigenvalue weighted by molar-refractivity contribution is -0.121. The van der Waals surface area contributed by atoms with Crippen LogP contribution in [0, 0.1) is 0 Å². The number of benzene rings is 1. The fraction of sp³-hybridized carbons (Fsp3) is 0.421. The van der Waals surface area contributed by atoms with Gasteiger partial charge in [-0.1, -0.05) is 36.9 Å². The molecule has 6 heteroatoms. The summed E-state index contributed by atoms with van der Waals surface area (Å²) in [6.07, 6.45) is 2.50.